The predicted molar refractivity (Wildman–Crippen MR) is 69.2 cm³/mol. The van der Waals surface area contributed by atoms with Crippen LogP contribution in [0.5, 0.6) is 0 Å². The Balaban J connectivity index is 2.56. The number of nitrogens with one attached hydrogen (secondary N) is 1. The fourth-order valence-corrected chi connectivity index (χ4v) is 2.12. The van der Waals surface area contributed by atoms with Gasteiger partial charge in [-0.2, -0.15) is 0 Å². The molecule has 0 amide bonds. The molecule has 1 rings (SSSR count). The third-order valence-electron chi connectivity index (χ3n) is 2.03. The van der Waals surface area contributed by atoms with E-state index in [4.69, 9.17) is 5.73 Å². The van der Waals surface area contributed by atoms with E-state index in [1.54, 1.807) is 19.2 Å². The van der Waals surface area contributed by atoms with Gasteiger partial charge in [-0.05, 0) is 22.0 Å². The second-order valence-corrected chi connectivity index (χ2v) is 6.64. The normalized spacial score (nSPS) is 11.4. The van der Waals surface area contributed by atoms with Crippen molar-refractivity contribution in [2.75, 3.05) is 29.1 Å². The van der Waals surface area contributed by atoms with Crippen molar-refractivity contribution in [3.63, 3.8) is 0 Å². The van der Waals surface area contributed by atoms with Gasteiger partial charge in [0.25, 0.3) is 0 Å². The monoisotopic (exact) mass is 307 g/mol. The van der Waals surface area contributed by atoms with Crippen molar-refractivity contribution in [2.24, 2.45) is 0 Å². The van der Waals surface area contributed by atoms with Crippen LogP contribution in [0.4, 0.5) is 11.5 Å². The van der Waals surface area contributed by atoms with Gasteiger partial charge in [0.1, 0.15) is 5.82 Å². The summed E-state index contributed by atoms with van der Waals surface area (Å²) in [5.41, 5.74) is 6.19. The van der Waals surface area contributed by atoms with E-state index in [0.717, 1.165) is 4.47 Å². The summed E-state index contributed by atoms with van der Waals surface area (Å²) in [7, 11) is -2.95. The highest BCUT2D eigenvalue weighted by Gasteiger charge is 2.07. The number of nitrogen functional groups attached to an aromatic ring is 1. The zero-order chi connectivity index (χ0) is 12.2. The fraction of sp³-hybridized carbons (Fsp3) is 0.444. The van der Waals surface area contributed by atoms with Crippen molar-refractivity contribution < 1.29 is 8.42 Å². The number of hydrogen-bond donors (Lipinski definition) is 2. The molecule has 0 saturated carbocycles. The van der Waals surface area contributed by atoms with Gasteiger partial charge in [-0.15, -0.1) is 0 Å². The lowest BCUT2D eigenvalue weighted by molar-refractivity contribution is 0.597. The number of rotatable bonds is 5. The quantitative estimate of drug-likeness (QED) is 0.856. The van der Waals surface area contributed by atoms with Gasteiger partial charge in [0.05, 0.1) is 11.4 Å². The number of anilines is 2. The summed E-state index contributed by atoms with van der Waals surface area (Å²) in [5.74, 6) is 0.744. The molecule has 0 fully saturated rings. The van der Waals surface area contributed by atoms with Gasteiger partial charge >= 0.3 is 0 Å². The Morgan fingerprint density at radius 2 is 2.25 bits per heavy atom. The molecule has 0 atom stereocenters. The number of sulfone groups is 1. The molecule has 0 spiro atoms. The van der Waals surface area contributed by atoms with Gasteiger partial charge in [-0.1, -0.05) is 6.92 Å². The zero-order valence-electron chi connectivity index (χ0n) is 8.90. The fourth-order valence-electron chi connectivity index (χ4n) is 1.07. The van der Waals surface area contributed by atoms with E-state index in [9.17, 15) is 8.42 Å². The average molecular weight is 308 g/mol. The van der Waals surface area contributed by atoms with Crippen molar-refractivity contribution in [3.05, 3.63) is 16.7 Å². The molecule has 0 unspecified atom stereocenters. The molecule has 1 aromatic rings. The van der Waals surface area contributed by atoms with E-state index >= 15 is 0 Å². The zero-order valence-corrected chi connectivity index (χ0v) is 11.3. The summed E-state index contributed by atoms with van der Waals surface area (Å²) in [5, 5.41) is 2.89. The molecule has 7 heteroatoms. The van der Waals surface area contributed by atoms with Crippen LogP contribution < -0.4 is 11.1 Å². The Bertz CT molecular complexity index is 462. The smallest absolute Gasteiger partial charge is 0.151 e. The summed E-state index contributed by atoms with van der Waals surface area (Å²) in [6.45, 7) is 1.94. The summed E-state index contributed by atoms with van der Waals surface area (Å²) in [6, 6.07) is 1.71. The largest absolute Gasteiger partial charge is 0.396 e. The standard InChI is InChI=1S/C9H14BrN3O2S/c1-2-16(14,15)4-3-12-9-8(11)5-7(10)6-13-9/h5-6H,2-4,11H2,1H3,(H,12,13). The Hall–Kier alpha value is -0.820. The second-order valence-electron chi connectivity index (χ2n) is 3.25. The van der Waals surface area contributed by atoms with Crippen LogP contribution in [0.1, 0.15) is 6.92 Å². The lowest BCUT2D eigenvalue weighted by Gasteiger charge is -2.08. The number of halogens is 1. The van der Waals surface area contributed by atoms with Gasteiger partial charge in [0.15, 0.2) is 9.84 Å². The highest BCUT2D eigenvalue weighted by Crippen LogP contribution is 2.19. The Kier molecular flexibility index (Phi) is 4.55. The first-order valence-electron chi connectivity index (χ1n) is 4.80. The molecule has 5 nitrogen and oxygen atoms in total. The topological polar surface area (TPSA) is 85.1 Å². The van der Waals surface area contributed by atoms with E-state index in [-0.39, 0.29) is 11.5 Å². The van der Waals surface area contributed by atoms with Crippen molar-refractivity contribution in [2.45, 2.75) is 6.92 Å². The van der Waals surface area contributed by atoms with Crippen molar-refractivity contribution in [1.82, 2.24) is 4.98 Å². The lowest BCUT2D eigenvalue weighted by atomic mass is 10.4. The van der Waals surface area contributed by atoms with Crippen LogP contribution >= 0.6 is 15.9 Å². The van der Waals surface area contributed by atoms with E-state index in [1.165, 1.54) is 0 Å². The van der Waals surface area contributed by atoms with Crippen LogP contribution in [0.2, 0.25) is 0 Å². The molecule has 0 aliphatic carbocycles. The molecule has 3 N–H and O–H groups in total. The number of pyridine rings is 1. The van der Waals surface area contributed by atoms with E-state index < -0.39 is 9.84 Å². The molecule has 16 heavy (non-hydrogen) atoms. The SMILES string of the molecule is CCS(=O)(=O)CCNc1ncc(Br)cc1N. The number of nitrogens with two attached hydrogens (primary N) is 1. The van der Waals surface area contributed by atoms with Gasteiger partial charge in [0, 0.05) is 23.0 Å². The van der Waals surface area contributed by atoms with E-state index in [0.29, 0.717) is 18.1 Å². The van der Waals surface area contributed by atoms with Crippen LogP contribution in [0.3, 0.4) is 0 Å². The summed E-state index contributed by atoms with van der Waals surface area (Å²) >= 11 is 3.24. The van der Waals surface area contributed by atoms with Gasteiger partial charge in [0.2, 0.25) is 0 Å². The van der Waals surface area contributed by atoms with E-state index in [1.807, 2.05) is 0 Å². The number of aromatic nitrogens is 1. The minimum absolute atomic E-state index is 0.0840. The molecule has 0 radical (unpaired) electrons. The van der Waals surface area contributed by atoms with Gasteiger partial charge in [-0.3, -0.25) is 0 Å². The number of nitrogens with zero attached hydrogens (tertiary/aromatic N) is 1. The third-order valence-corrected chi connectivity index (χ3v) is 4.17. The molecule has 0 bridgehead atoms. The van der Waals surface area contributed by atoms with Crippen LogP contribution in [0.25, 0.3) is 0 Å². The van der Waals surface area contributed by atoms with Crippen LogP contribution in [-0.4, -0.2) is 31.5 Å². The Morgan fingerprint density at radius 1 is 1.56 bits per heavy atom. The molecule has 0 aliphatic heterocycles. The maximum absolute atomic E-state index is 11.2. The maximum Gasteiger partial charge on any atom is 0.151 e. The molecule has 90 valence electrons. The van der Waals surface area contributed by atoms with E-state index in [2.05, 4.69) is 26.2 Å². The first-order valence-corrected chi connectivity index (χ1v) is 7.41. The Morgan fingerprint density at radius 3 is 2.81 bits per heavy atom. The molecule has 0 aliphatic rings. The predicted octanol–water partition coefficient (Wildman–Crippen LogP) is 1.27. The van der Waals surface area contributed by atoms with Crippen molar-refractivity contribution in [1.29, 1.82) is 0 Å². The first kappa shape index (κ1) is 13.2. The molecule has 0 aromatic carbocycles. The van der Waals surface area contributed by atoms with Crippen LogP contribution in [0.15, 0.2) is 16.7 Å². The van der Waals surface area contributed by atoms with Crippen LogP contribution in [-0.2, 0) is 9.84 Å². The first-order chi connectivity index (χ1) is 7.44. The van der Waals surface area contributed by atoms with Crippen LogP contribution in [0, 0.1) is 0 Å². The number of hydrogen-bond acceptors (Lipinski definition) is 5. The lowest BCUT2D eigenvalue weighted by Crippen LogP contribution is -2.18. The molecule has 1 heterocycles. The third kappa shape index (κ3) is 3.97. The molecule has 0 saturated heterocycles. The summed E-state index contributed by atoms with van der Waals surface area (Å²) in [6.07, 6.45) is 1.60. The Labute approximate surface area is 103 Å². The average Bonchev–Trinajstić information content (AvgIpc) is 2.21. The molecular weight excluding hydrogens is 294 g/mol. The highest BCUT2D eigenvalue weighted by molar-refractivity contribution is 9.10. The minimum atomic E-state index is -2.95. The van der Waals surface area contributed by atoms with Gasteiger partial charge < -0.3 is 11.1 Å². The summed E-state index contributed by atoms with van der Waals surface area (Å²) < 4.78 is 23.2. The molecule has 1 aromatic heterocycles. The van der Waals surface area contributed by atoms with Crippen molar-refractivity contribution >= 4 is 37.3 Å². The van der Waals surface area contributed by atoms with Crippen molar-refractivity contribution in [3.8, 4) is 0 Å². The molecular formula is C9H14BrN3O2S. The summed E-state index contributed by atoms with van der Waals surface area (Å²) in [4.78, 5) is 4.05. The maximum atomic E-state index is 11.2. The minimum Gasteiger partial charge on any atom is -0.396 e. The highest BCUT2D eigenvalue weighted by atomic mass is 79.9. The second kappa shape index (κ2) is 5.49. The van der Waals surface area contributed by atoms with Gasteiger partial charge in [-0.25, -0.2) is 13.4 Å².